The molecule has 1 N–H and O–H groups in total. The fraction of sp³-hybridized carbons (Fsp3) is 0.0741. The number of carbonyl (C=O) groups excluding carboxylic acids is 2. The van der Waals surface area contributed by atoms with Crippen LogP contribution in [0.25, 0.3) is 0 Å². The molecule has 1 aliphatic heterocycles. The van der Waals surface area contributed by atoms with Gasteiger partial charge in [-0.25, -0.2) is 4.98 Å². The first-order valence-corrected chi connectivity index (χ1v) is 11.5. The van der Waals surface area contributed by atoms with E-state index in [-0.39, 0.29) is 11.8 Å². The highest BCUT2D eigenvalue weighted by Crippen LogP contribution is 2.40. The predicted molar refractivity (Wildman–Crippen MR) is 131 cm³/mol. The summed E-state index contributed by atoms with van der Waals surface area (Å²) < 4.78 is 0. The molecule has 0 spiro atoms. The molecule has 1 aromatic heterocycles. The molecule has 4 aromatic rings. The topological polar surface area (TPSA) is 62.3 Å². The number of fused-ring (bicyclic) bond motifs is 2. The Balaban J connectivity index is 1.35. The van der Waals surface area contributed by atoms with Crippen molar-refractivity contribution in [1.29, 1.82) is 0 Å². The Kier molecular flexibility index (Phi) is 5.91. The minimum absolute atomic E-state index is 0.0959. The van der Waals surface area contributed by atoms with Gasteiger partial charge in [-0.15, -0.1) is 0 Å². The molecule has 6 heteroatoms. The molecule has 0 bridgehead atoms. The van der Waals surface area contributed by atoms with E-state index in [9.17, 15) is 9.59 Å². The molecule has 0 fully saturated rings. The highest BCUT2D eigenvalue weighted by molar-refractivity contribution is 7.99. The van der Waals surface area contributed by atoms with Crippen molar-refractivity contribution < 1.29 is 9.59 Å². The molecule has 1 aliphatic rings. The van der Waals surface area contributed by atoms with E-state index in [2.05, 4.69) is 16.4 Å². The summed E-state index contributed by atoms with van der Waals surface area (Å²) in [4.78, 5) is 33.2. The third-order valence-corrected chi connectivity index (χ3v) is 6.54. The molecule has 2 amide bonds. The zero-order valence-electron chi connectivity index (χ0n) is 17.8. The van der Waals surface area contributed by atoms with E-state index in [0.717, 1.165) is 26.7 Å². The monoisotopic (exact) mass is 451 g/mol. The van der Waals surface area contributed by atoms with Crippen molar-refractivity contribution in [3.05, 3.63) is 114 Å². The van der Waals surface area contributed by atoms with Gasteiger partial charge in [-0.2, -0.15) is 0 Å². The van der Waals surface area contributed by atoms with Gasteiger partial charge in [-0.05, 0) is 53.6 Å². The lowest BCUT2D eigenvalue weighted by Gasteiger charge is -2.22. The second-order valence-electron chi connectivity index (χ2n) is 7.72. The van der Waals surface area contributed by atoms with E-state index < -0.39 is 0 Å². The van der Waals surface area contributed by atoms with Gasteiger partial charge in [0, 0.05) is 22.3 Å². The van der Waals surface area contributed by atoms with Gasteiger partial charge in [0.1, 0.15) is 5.03 Å². The highest BCUT2D eigenvalue weighted by atomic mass is 32.2. The van der Waals surface area contributed by atoms with Gasteiger partial charge in [0.15, 0.2) is 0 Å². The van der Waals surface area contributed by atoms with Crippen LogP contribution in [0, 0.1) is 0 Å². The molecule has 0 saturated heterocycles. The number of benzene rings is 3. The van der Waals surface area contributed by atoms with Crippen LogP contribution in [0.1, 0.15) is 21.5 Å². The second-order valence-corrected chi connectivity index (χ2v) is 8.75. The smallest absolute Gasteiger partial charge is 0.258 e. The van der Waals surface area contributed by atoms with E-state index in [4.69, 9.17) is 0 Å². The van der Waals surface area contributed by atoms with Crippen molar-refractivity contribution in [2.75, 3.05) is 10.2 Å². The Hall–Kier alpha value is -3.90. The number of nitrogens with zero attached hydrogens (tertiary/aromatic N) is 2. The fourth-order valence-corrected chi connectivity index (χ4v) is 4.79. The van der Waals surface area contributed by atoms with Crippen LogP contribution in [-0.4, -0.2) is 16.8 Å². The number of anilines is 2. The molecule has 0 saturated carbocycles. The summed E-state index contributed by atoms with van der Waals surface area (Å²) in [6, 6.07) is 28.5. The van der Waals surface area contributed by atoms with Crippen LogP contribution >= 0.6 is 11.8 Å². The molecule has 2 heterocycles. The molecule has 3 aromatic carbocycles. The van der Waals surface area contributed by atoms with Gasteiger partial charge in [-0.3, -0.25) is 9.59 Å². The Morgan fingerprint density at radius 1 is 0.879 bits per heavy atom. The maximum atomic E-state index is 13.5. The Morgan fingerprint density at radius 2 is 1.64 bits per heavy atom. The molecule has 0 radical (unpaired) electrons. The number of carbonyl (C=O) groups is 2. The van der Waals surface area contributed by atoms with Crippen molar-refractivity contribution in [2.45, 2.75) is 22.9 Å². The second kappa shape index (κ2) is 9.30. The van der Waals surface area contributed by atoms with E-state index in [1.54, 1.807) is 47.1 Å². The van der Waals surface area contributed by atoms with Gasteiger partial charge in [0.2, 0.25) is 5.91 Å². The first-order valence-electron chi connectivity index (χ1n) is 10.6. The van der Waals surface area contributed by atoms with Crippen molar-refractivity contribution in [3.8, 4) is 0 Å². The van der Waals surface area contributed by atoms with Crippen LogP contribution in [-0.2, 0) is 17.8 Å². The third-order valence-electron chi connectivity index (χ3n) is 5.42. The van der Waals surface area contributed by atoms with Crippen LogP contribution in [0.4, 0.5) is 11.4 Å². The van der Waals surface area contributed by atoms with Gasteiger partial charge in [0.05, 0.1) is 18.7 Å². The first-order chi connectivity index (χ1) is 16.2. The molecule has 0 aliphatic carbocycles. The predicted octanol–water partition coefficient (Wildman–Crippen LogP) is 5.57. The maximum Gasteiger partial charge on any atom is 0.258 e. The van der Waals surface area contributed by atoms with Crippen LogP contribution in [0.5, 0.6) is 0 Å². The van der Waals surface area contributed by atoms with Crippen LogP contribution in [0.2, 0.25) is 0 Å². The third kappa shape index (κ3) is 4.66. The van der Waals surface area contributed by atoms with Crippen molar-refractivity contribution in [3.63, 3.8) is 0 Å². The Labute approximate surface area is 196 Å². The maximum absolute atomic E-state index is 13.5. The highest BCUT2D eigenvalue weighted by Gasteiger charge is 2.26. The summed E-state index contributed by atoms with van der Waals surface area (Å²) in [5.41, 5.74) is 4.04. The number of hydrogen-bond donors (Lipinski definition) is 1. The molecule has 5 rings (SSSR count). The van der Waals surface area contributed by atoms with Gasteiger partial charge in [0.25, 0.3) is 5.91 Å². The molecule has 5 nitrogen and oxygen atoms in total. The number of pyridine rings is 1. The minimum Gasteiger partial charge on any atom is -0.326 e. The average Bonchev–Trinajstić information content (AvgIpc) is 3.01. The zero-order valence-corrected chi connectivity index (χ0v) is 18.6. The summed E-state index contributed by atoms with van der Waals surface area (Å²) in [7, 11) is 0. The summed E-state index contributed by atoms with van der Waals surface area (Å²) in [5.74, 6) is -0.204. The van der Waals surface area contributed by atoms with Crippen LogP contribution in [0.3, 0.4) is 0 Å². The van der Waals surface area contributed by atoms with E-state index in [0.29, 0.717) is 24.2 Å². The number of aromatic nitrogens is 1. The number of nitrogens with one attached hydrogen (secondary N) is 1. The molecule has 0 unspecified atom stereocenters. The van der Waals surface area contributed by atoms with Crippen molar-refractivity contribution in [2.24, 2.45) is 0 Å². The standard InChI is InChI=1S/C27H21N3O2S/c31-25(17-19-7-2-1-3-8-19)29-22-14-12-20(13-15-22)27(32)30-18-21-9-4-5-11-24(21)33-26-23(30)10-6-16-28-26/h1-16H,17-18H2,(H,29,31). The SMILES string of the molecule is O=C(Cc1ccccc1)Nc1ccc(C(=O)N2Cc3ccccc3Sc3ncccc32)cc1. The lowest BCUT2D eigenvalue weighted by molar-refractivity contribution is -0.115. The average molecular weight is 452 g/mol. The summed E-state index contributed by atoms with van der Waals surface area (Å²) >= 11 is 1.58. The van der Waals surface area contributed by atoms with Gasteiger partial charge in [-0.1, -0.05) is 60.3 Å². The largest absolute Gasteiger partial charge is 0.326 e. The van der Waals surface area contributed by atoms with Crippen molar-refractivity contribution in [1.82, 2.24) is 4.98 Å². The van der Waals surface area contributed by atoms with Gasteiger partial charge < -0.3 is 10.2 Å². The van der Waals surface area contributed by atoms with E-state index in [1.807, 2.05) is 60.7 Å². The normalized spacial score (nSPS) is 12.3. The van der Waals surface area contributed by atoms with Crippen LogP contribution in [0.15, 0.2) is 107 Å². The van der Waals surface area contributed by atoms with E-state index in [1.165, 1.54) is 0 Å². The molecule has 33 heavy (non-hydrogen) atoms. The van der Waals surface area contributed by atoms with Gasteiger partial charge >= 0.3 is 0 Å². The number of amides is 2. The Morgan fingerprint density at radius 3 is 2.45 bits per heavy atom. The minimum atomic E-state index is -0.108. The summed E-state index contributed by atoms with van der Waals surface area (Å²) in [6.07, 6.45) is 2.05. The molecular weight excluding hydrogens is 430 g/mol. The fourth-order valence-electron chi connectivity index (χ4n) is 3.78. The number of rotatable bonds is 4. The quantitative estimate of drug-likeness (QED) is 0.440. The summed E-state index contributed by atoms with van der Waals surface area (Å²) in [5, 5.41) is 3.70. The zero-order chi connectivity index (χ0) is 22.6. The molecular formula is C27H21N3O2S. The molecule has 162 valence electrons. The van der Waals surface area contributed by atoms with Crippen LogP contribution < -0.4 is 10.2 Å². The molecule has 0 atom stereocenters. The summed E-state index contributed by atoms with van der Waals surface area (Å²) in [6.45, 7) is 0.469. The lowest BCUT2D eigenvalue weighted by atomic mass is 10.1. The van der Waals surface area contributed by atoms with Crippen molar-refractivity contribution >= 4 is 35.0 Å². The Bertz CT molecular complexity index is 1310. The lowest BCUT2D eigenvalue weighted by Crippen LogP contribution is -2.30. The first kappa shape index (κ1) is 21.0. The number of hydrogen-bond acceptors (Lipinski definition) is 4. The van der Waals surface area contributed by atoms with E-state index >= 15 is 0 Å².